The molecule has 20 heavy (non-hydrogen) atoms. The van der Waals surface area contributed by atoms with Gasteiger partial charge in [0.1, 0.15) is 0 Å². The molecule has 5 heteroatoms. The van der Waals surface area contributed by atoms with Crippen LogP contribution in [0.25, 0.3) is 0 Å². The second-order valence-corrected chi connectivity index (χ2v) is 6.32. The minimum atomic E-state index is 0. The lowest BCUT2D eigenvalue weighted by Gasteiger charge is -2.29. The minimum absolute atomic E-state index is 0. The molecule has 4 nitrogen and oxygen atoms in total. The summed E-state index contributed by atoms with van der Waals surface area (Å²) in [5.41, 5.74) is 0.239. The van der Waals surface area contributed by atoms with Crippen molar-refractivity contribution in [3.63, 3.8) is 0 Å². The summed E-state index contributed by atoms with van der Waals surface area (Å²) in [5.74, 6) is 0.920. The third-order valence-electron chi connectivity index (χ3n) is 3.03. The Balaban J connectivity index is 0. The molecule has 0 fully saturated rings. The summed E-state index contributed by atoms with van der Waals surface area (Å²) >= 11 is 0. The Morgan fingerprint density at radius 2 is 1.75 bits per heavy atom. The van der Waals surface area contributed by atoms with Crippen LogP contribution in [0.4, 0.5) is 0 Å². The lowest BCUT2D eigenvalue weighted by atomic mass is 9.93. The van der Waals surface area contributed by atoms with E-state index in [0.29, 0.717) is 0 Å². The van der Waals surface area contributed by atoms with Gasteiger partial charge in [0.05, 0.1) is 0 Å². The molecule has 0 saturated carbocycles. The molecular formula is C15H35IN4. The second kappa shape index (κ2) is 12.7. The molecule has 0 unspecified atom stereocenters. The Kier molecular flexibility index (Phi) is 14.1. The van der Waals surface area contributed by atoms with Crippen LogP contribution in [0.3, 0.4) is 0 Å². The van der Waals surface area contributed by atoms with Gasteiger partial charge in [-0.3, -0.25) is 4.99 Å². The maximum absolute atomic E-state index is 4.27. The number of halogens is 1. The van der Waals surface area contributed by atoms with E-state index < -0.39 is 0 Å². The van der Waals surface area contributed by atoms with Gasteiger partial charge < -0.3 is 15.5 Å². The summed E-state index contributed by atoms with van der Waals surface area (Å²) in [6.07, 6.45) is 5.12. The van der Waals surface area contributed by atoms with Crippen molar-refractivity contribution in [1.82, 2.24) is 15.5 Å². The highest BCUT2D eigenvalue weighted by Gasteiger charge is 2.18. The zero-order valence-corrected chi connectivity index (χ0v) is 16.6. The predicted octanol–water partition coefficient (Wildman–Crippen LogP) is 2.94. The first-order valence-electron chi connectivity index (χ1n) is 7.50. The molecule has 0 saturated heterocycles. The van der Waals surface area contributed by atoms with Gasteiger partial charge in [-0.15, -0.1) is 24.0 Å². The van der Waals surface area contributed by atoms with Gasteiger partial charge in [-0.05, 0) is 25.9 Å². The van der Waals surface area contributed by atoms with E-state index in [1.54, 1.807) is 0 Å². The monoisotopic (exact) mass is 398 g/mol. The SMILES string of the molecule is CCCCCCNC(=NC)NCC(C)(C)CN(C)C.I. The van der Waals surface area contributed by atoms with Gasteiger partial charge in [-0.2, -0.15) is 0 Å². The van der Waals surface area contributed by atoms with E-state index in [1.807, 2.05) is 7.05 Å². The molecule has 0 rings (SSSR count). The summed E-state index contributed by atoms with van der Waals surface area (Å²) in [4.78, 5) is 6.49. The van der Waals surface area contributed by atoms with Crippen molar-refractivity contribution in [2.45, 2.75) is 46.5 Å². The van der Waals surface area contributed by atoms with E-state index in [0.717, 1.165) is 25.6 Å². The zero-order chi connectivity index (χ0) is 14.7. The fourth-order valence-corrected chi connectivity index (χ4v) is 2.21. The lowest BCUT2D eigenvalue weighted by Crippen LogP contribution is -2.45. The number of nitrogens with zero attached hydrogens (tertiary/aromatic N) is 2. The predicted molar refractivity (Wildman–Crippen MR) is 101 cm³/mol. The van der Waals surface area contributed by atoms with Crippen LogP contribution >= 0.6 is 24.0 Å². The van der Waals surface area contributed by atoms with E-state index in [-0.39, 0.29) is 29.4 Å². The van der Waals surface area contributed by atoms with E-state index in [9.17, 15) is 0 Å². The standard InChI is InChI=1S/C15H34N4.HI/c1-7-8-9-10-11-17-14(16-4)18-12-15(2,3)13-19(5)6;/h7-13H2,1-6H3,(H2,16,17,18);1H. The number of rotatable bonds is 9. The van der Waals surface area contributed by atoms with Crippen LogP contribution in [0.1, 0.15) is 46.5 Å². The van der Waals surface area contributed by atoms with E-state index in [4.69, 9.17) is 0 Å². The van der Waals surface area contributed by atoms with Gasteiger partial charge in [0.2, 0.25) is 0 Å². The summed E-state index contributed by atoms with van der Waals surface area (Å²) in [6, 6.07) is 0. The fraction of sp³-hybridized carbons (Fsp3) is 0.933. The van der Waals surface area contributed by atoms with Crippen molar-refractivity contribution in [3.05, 3.63) is 0 Å². The van der Waals surface area contributed by atoms with Gasteiger partial charge in [0, 0.05) is 26.7 Å². The number of nitrogens with one attached hydrogen (secondary N) is 2. The highest BCUT2D eigenvalue weighted by molar-refractivity contribution is 14.0. The first-order chi connectivity index (χ1) is 8.91. The molecule has 0 atom stereocenters. The van der Waals surface area contributed by atoms with Crippen LogP contribution in [0, 0.1) is 5.41 Å². The molecule has 0 heterocycles. The van der Waals surface area contributed by atoms with E-state index in [2.05, 4.69) is 55.4 Å². The van der Waals surface area contributed by atoms with Gasteiger partial charge >= 0.3 is 0 Å². The Morgan fingerprint density at radius 1 is 1.10 bits per heavy atom. The van der Waals surface area contributed by atoms with Crippen molar-refractivity contribution in [2.24, 2.45) is 10.4 Å². The van der Waals surface area contributed by atoms with Crippen LogP contribution < -0.4 is 10.6 Å². The molecule has 0 aliphatic rings. The average molecular weight is 398 g/mol. The summed E-state index contributed by atoms with van der Waals surface area (Å²) < 4.78 is 0. The molecule has 0 aliphatic carbocycles. The number of aliphatic imine (C=N–C) groups is 1. The van der Waals surface area contributed by atoms with Crippen molar-refractivity contribution in [2.75, 3.05) is 40.8 Å². The molecule has 122 valence electrons. The number of hydrogen-bond donors (Lipinski definition) is 2. The number of guanidine groups is 1. The molecule has 0 bridgehead atoms. The van der Waals surface area contributed by atoms with Crippen molar-refractivity contribution in [3.8, 4) is 0 Å². The number of unbranched alkanes of at least 4 members (excludes halogenated alkanes) is 3. The van der Waals surface area contributed by atoms with Crippen molar-refractivity contribution in [1.29, 1.82) is 0 Å². The summed E-state index contributed by atoms with van der Waals surface area (Å²) in [6.45, 7) is 9.78. The van der Waals surface area contributed by atoms with Crippen LogP contribution in [0.5, 0.6) is 0 Å². The summed E-state index contributed by atoms with van der Waals surface area (Å²) in [7, 11) is 6.06. The lowest BCUT2D eigenvalue weighted by molar-refractivity contribution is 0.241. The van der Waals surface area contributed by atoms with E-state index in [1.165, 1.54) is 25.7 Å². The Hall–Kier alpha value is -0.0400. The maximum Gasteiger partial charge on any atom is 0.190 e. The molecule has 0 spiro atoms. The average Bonchev–Trinajstić information content (AvgIpc) is 2.31. The first kappa shape index (κ1) is 22.2. The van der Waals surface area contributed by atoms with Gasteiger partial charge in [-0.1, -0.05) is 40.0 Å². The van der Waals surface area contributed by atoms with Gasteiger partial charge in [0.15, 0.2) is 5.96 Å². The molecule has 2 N–H and O–H groups in total. The Labute approximate surface area is 143 Å². The molecule has 0 amide bonds. The molecular weight excluding hydrogens is 363 g/mol. The smallest absolute Gasteiger partial charge is 0.190 e. The van der Waals surface area contributed by atoms with Gasteiger partial charge in [0.25, 0.3) is 0 Å². The Bertz CT molecular complexity index is 252. The minimum Gasteiger partial charge on any atom is -0.356 e. The third-order valence-corrected chi connectivity index (χ3v) is 3.03. The fourth-order valence-electron chi connectivity index (χ4n) is 2.21. The highest BCUT2D eigenvalue weighted by Crippen LogP contribution is 2.13. The highest BCUT2D eigenvalue weighted by atomic mass is 127. The summed E-state index contributed by atoms with van der Waals surface area (Å²) in [5, 5.41) is 6.80. The van der Waals surface area contributed by atoms with Crippen molar-refractivity contribution >= 4 is 29.9 Å². The Morgan fingerprint density at radius 3 is 2.25 bits per heavy atom. The molecule has 0 radical (unpaired) electrons. The van der Waals surface area contributed by atoms with Crippen LogP contribution in [0.15, 0.2) is 4.99 Å². The second-order valence-electron chi connectivity index (χ2n) is 6.32. The maximum atomic E-state index is 4.27. The first-order valence-corrected chi connectivity index (χ1v) is 7.50. The molecule has 0 aromatic rings. The molecule has 0 aliphatic heterocycles. The van der Waals surface area contributed by atoms with Crippen LogP contribution in [-0.4, -0.2) is 51.6 Å². The quantitative estimate of drug-likeness (QED) is 0.272. The number of hydrogen-bond acceptors (Lipinski definition) is 2. The topological polar surface area (TPSA) is 39.7 Å². The van der Waals surface area contributed by atoms with Crippen LogP contribution in [-0.2, 0) is 0 Å². The van der Waals surface area contributed by atoms with E-state index >= 15 is 0 Å². The van der Waals surface area contributed by atoms with Crippen LogP contribution in [0.2, 0.25) is 0 Å². The van der Waals surface area contributed by atoms with Crippen molar-refractivity contribution < 1.29 is 0 Å². The third kappa shape index (κ3) is 13.0. The normalized spacial score (nSPS) is 12.2. The molecule has 0 aromatic heterocycles. The molecule has 0 aromatic carbocycles. The van der Waals surface area contributed by atoms with Gasteiger partial charge in [-0.25, -0.2) is 0 Å². The zero-order valence-electron chi connectivity index (χ0n) is 14.3. The largest absolute Gasteiger partial charge is 0.356 e.